The van der Waals surface area contributed by atoms with E-state index in [1.807, 2.05) is 36.4 Å². The van der Waals surface area contributed by atoms with Crippen LogP contribution in [0.5, 0.6) is 40.2 Å². The predicted octanol–water partition coefficient (Wildman–Crippen LogP) is 6.33. The van der Waals surface area contributed by atoms with Crippen LogP contribution in [0.25, 0.3) is 6.08 Å². The van der Waals surface area contributed by atoms with E-state index in [4.69, 9.17) is 33.2 Å². The first kappa shape index (κ1) is 29.3. The van der Waals surface area contributed by atoms with Crippen LogP contribution in [0.4, 0.5) is 0 Å². The minimum Gasteiger partial charge on any atom is -0.493 e. The highest BCUT2D eigenvalue weighted by molar-refractivity contribution is 6.15. The number of benzene rings is 4. The van der Waals surface area contributed by atoms with Crippen LogP contribution in [0.1, 0.15) is 50.5 Å². The molecule has 1 unspecified atom stereocenters. The summed E-state index contributed by atoms with van der Waals surface area (Å²) in [6.07, 6.45) is 3.23. The highest BCUT2D eigenvalue weighted by atomic mass is 16.5. The molecule has 9 heteroatoms. The third-order valence-electron chi connectivity index (χ3n) is 8.50. The first-order valence-corrected chi connectivity index (χ1v) is 15.1. The first-order chi connectivity index (χ1) is 22.5. The summed E-state index contributed by atoms with van der Waals surface area (Å²) in [4.78, 5) is 26.6. The van der Waals surface area contributed by atoms with E-state index in [-0.39, 0.29) is 18.0 Å². The zero-order valence-corrected chi connectivity index (χ0v) is 25.7. The zero-order valence-electron chi connectivity index (χ0n) is 25.7. The van der Waals surface area contributed by atoms with Crippen molar-refractivity contribution in [2.45, 2.75) is 25.2 Å². The van der Waals surface area contributed by atoms with E-state index in [0.29, 0.717) is 70.8 Å². The Morgan fingerprint density at radius 3 is 2.43 bits per heavy atom. The number of fused-ring (bicyclic) bond motifs is 4. The average Bonchev–Trinajstić information content (AvgIpc) is 3.67. The fourth-order valence-corrected chi connectivity index (χ4v) is 6.33. The van der Waals surface area contributed by atoms with Crippen molar-refractivity contribution in [3.05, 3.63) is 106 Å². The third kappa shape index (κ3) is 5.17. The molecule has 0 saturated carbocycles. The lowest BCUT2D eigenvalue weighted by Crippen LogP contribution is -2.22. The molecular formula is C37H32O9. The van der Waals surface area contributed by atoms with E-state index in [1.54, 1.807) is 44.6 Å². The van der Waals surface area contributed by atoms with Crippen LogP contribution in [-0.4, -0.2) is 46.3 Å². The van der Waals surface area contributed by atoms with Crippen molar-refractivity contribution in [2.24, 2.45) is 0 Å². The molecule has 0 aromatic heterocycles. The number of esters is 1. The lowest BCUT2D eigenvalue weighted by atomic mass is 9.84. The molecule has 3 aliphatic heterocycles. The largest absolute Gasteiger partial charge is 0.493 e. The van der Waals surface area contributed by atoms with Crippen molar-refractivity contribution in [1.82, 2.24) is 0 Å². The normalized spacial score (nSPS) is 16.9. The molecule has 9 nitrogen and oxygen atoms in total. The number of methoxy groups -OCH3 is 3. The van der Waals surface area contributed by atoms with Gasteiger partial charge in [0.2, 0.25) is 5.78 Å². The van der Waals surface area contributed by atoms with E-state index in [0.717, 1.165) is 23.3 Å². The molecule has 46 heavy (non-hydrogen) atoms. The molecule has 3 aliphatic rings. The van der Waals surface area contributed by atoms with Gasteiger partial charge in [-0.25, -0.2) is 0 Å². The van der Waals surface area contributed by atoms with Gasteiger partial charge in [-0.05, 0) is 47.5 Å². The topological polar surface area (TPSA) is 98.8 Å². The van der Waals surface area contributed by atoms with Gasteiger partial charge in [0.25, 0.3) is 0 Å². The number of rotatable bonds is 9. The van der Waals surface area contributed by atoms with Crippen LogP contribution in [-0.2, 0) is 17.6 Å². The maximum atomic E-state index is 13.6. The highest BCUT2D eigenvalue weighted by Gasteiger charge is 2.40. The molecule has 3 heterocycles. The van der Waals surface area contributed by atoms with Gasteiger partial charge in [0, 0.05) is 35.4 Å². The molecule has 1 atom stereocenters. The van der Waals surface area contributed by atoms with E-state index in [9.17, 15) is 9.59 Å². The van der Waals surface area contributed by atoms with Gasteiger partial charge < -0.3 is 33.2 Å². The second kappa shape index (κ2) is 12.2. The Balaban J connectivity index is 1.24. The summed E-state index contributed by atoms with van der Waals surface area (Å²) in [5.41, 5.74) is 4.67. The quantitative estimate of drug-likeness (QED) is 0.121. The summed E-state index contributed by atoms with van der Waals surface area (Å²) < 4.78 is 40.7. The van der Waals surface area contributed by atoms with Crippen molar-refractivity contribution in [2.75, 3.05) is 34.5 Å². The molecule has 0 radical (unpaired) electrons. The fraction of sp³-hybridized carbons (Fsp3) is 0.243. The Morgan fingerprint density at radius 2 is 1.63 bits per heavy atom. The van der Waals surface area contributed by atoms with E-state index in [2.05, 4.69) is 6.07 Å². The van der Waals surface area contributed by atoms with Crippen molar-refractivity contribution in [3.8, 4) is 40.2 Å². The van der Waals surface area contributed by atoms with Crippen LogP contribution < -0.4 is 33.2 Å². The lowest BCUT2D eigenvalue weighted by Gasteiger charge is -2.28. The number of carbonyl (C=O) groups excluding carboxylic acids is 2. The molecule has 0 N–H and O–H groups in total. The first-order valence-electron chi connectivity index (χ1n) is 15.1. The summed E-state index contributed by atoms with van der Waals surface area (Å²) in [7, 11) is 4.67. The van der Waals surface area contributed by atoms with E-state index < -0.39 is 11.9 Å². The van der Waals surface area contributed by atoms with E-state index in [1.165, 1.54) is 12.7 Å². The summed E-state index contributed by atoms with van der Waals surface area (Å²) >= 11 is 0. The number of hydrogen-bond donors (Lipinski definition) is 0. The summed E-state index contributed by atoms with van der Waals surface area (Å²) in [6.45, 7) is 1.09. The molecule has 0 amide bonds. The molecule has 0 aliphatic carbocycles. The Kier molecular flexibility index (Phi) is 7.74. The molecule has 7 rings (SSSR count). The maximum absolute atomic E-state index is 13.6. The van der Waals surface area contributed by atoms with Crippen molar-refractivity contribution >= 4 is 17.8 Å². The molecule has 234 valence electrons. The summed E-state index contributed by atoms with van der Waals surface area (Å²) in [5.74, 6) is 2.60. The van der Waals surface area contributed by atoms with Gasteiger partial charge in [0.15, 0.2) is 28.8 Å². The summed E-state index contributed by atoms with van der Waals surface area (Å²) in [6, 6.07) is 20.5. The molecule has 4 aromatic rings. The van der Waals surface area contributed by atoms with Gasteiger partial charge in [-0.1, -0.05) is 36.4 Å². The number of allylic oxidation sites excluding steroid dienone is 1. The minimum atomic E-state index is -0.521. The number of hydrogen-bond acceptors (Lipinski definition) is 9. The van der Waals surface area contributed by atoms with Crippen molar-refractivity contribution in [3.63, 3.8) is 0 Å². The standard InChI is InChI=1S/C37H32O9/c1-40-29-8-4-6-23(35(29)42-3)19-31-34(39)25-11-13-28-33(37(25)46-31)26(20-32(38)45-28)24-7-5-9-30(41-2)36(24)44-16-14-21-10-12-27-22(18-21)15-17-43-27/h4-13,18-19,26H,14-17,20H2,1-3H3/b31-19-. The van der Waals surface area contributed by atoms with Crippen LogP contribution in [0.3, 0.4) is 0 Å². The van der Waals surface area contributed by atoms with Gasteiger partial charge in [0.1, 0.15) is 17.2 Å². The molecule has 0 spiro atoms. The second-order valence-corrected chi connectivity index (χ2v) is 11.1. The highest BCUT2D eigenvalue weighted by Crippen LogP contribution is 2.52. The predicted molar refractivity (Wildman–Crippen MR) is 169 cm³/mol. The minimum absolute atomic E-state index is 0.0259. The number of para-hydroxylation sites is 2. The summed E-state index contributed by atoms with van der Waals surface area (Å²) in [5, 5.41) is 0. The Bertz CT molecular complexity index is 1890. The SMILES string of the molecule is COc1cccc(/C=C2\Oc3c(ccc4c3C(c3cccc(OC)c3OCCc3ccc5c(c3)CCO5)CC(=O)O4)C2=O)c1OC. The molecule has 0 bridgehead atoms. The van der Waals surface area contributed by atoms with Crippen LogP contribution in [0.2, 0.25) is 0 Å². The van der Waals surface area contributed by atoms with Gasteiger partial charge in [-0.2, -0.15) is 0 Å². The van der Waals surface area contributed by atoms with Crippen LogP contribution >= 0.6 is 0 Å². The maximum Gasteiger partial charge on any atom is 0.312 e. The van der Waals surface area contributed by atoms with E-state index >= 15 is 0 Å². The Labute approximate surface area is 266 Å². The Hall–Kier alpha value is -5.44. The molecule has 0 saturated heterocycles. The van der Waals surface area contributed by atoms with Crippen molar-refractivity contribution < 1.29 is 42.7 Å². The molecule has 0 fully saturated rings. The van der Waals surface area contributed by atoms with Gasteiger partial charge in [-0.3, -0.25) is 9.59 Å². The number of carbonyl (C=O) groups is 2. The van der Waals surface area contributed by atoms with Crippen LogP contribution in [0, 0.1) is 0 Å². The average molecular weight is 621 g/mol. The number of ketones is 1. The molecular weight excluding hydrogens is 588 g/mol. The van der Waals surface area contributed by atoms with Gasteiger partial charge in [-0.15, -0.1) is 0 Å². The molecule has 4 aromatic carbocycles. The monoisotopic (exact) mass is 620 g/mol. The number of ether oxygens (including phenoxy) is 7. The number of Topliss-reactive ketones (excluding diaryl/α,β-unsaturated/α-hetero) is 1. The smallest absolute Gasteiger partial charge is 0.312 e. The van der Waals surface area contributed by atoms with Crippen molar-refractivity contribution in [1.29, 1.82) is 0 Å². The second-order valence-electron chi connectivity index (χ2n) is 11.1. The van der Waals surface area contributed by atoms with Crippen LogP contribution in [0.15, 0.2) is 72.5 Å². The van der Waals surface area contributed by atoms with Gasteiger partial charge >= 0.3 is 5.97 Å². The zero-order chi connectivity index (χ0) is 31.8. The third-order valence-corrected chi connectivity index (χ3v) is 8.50. The Morgan fingerprint density at radius 1 is 0.848 bits per heavy atom. The van der Waals surface area contributed by atoms with Gasteiger partial charge in [0.05, 0.1) is 46.5 Å². The lowest BCUT2D eigenvalue weighted by molar-refractivity contribution is -0.135. The fourth-order valence-electron chi connectivity index (χ4n) is 6.33.